The van der Waals surface area contributed by atoms with Crippen LogP contribution in [0.15, 0.2) is 30.3 Å². The second kappa shape index (κ2) is 8.41. The van der Waals surface area contributed by atoms with Crippen LogP contribution in [0.5, 0.6) is 0 Å². The second-order valence-electron chi connectivity index (χ2n) is 4.31. The first kappa shape index (κ1) is 17.2. The summed E-state index contributed by atoms with van der Waals surface area (Å²) in [7, 11) is 0. The number of carbonyl (C=O) groups excluding carboxylic acids is 2. The molecule has 1 aromatic carbocycles. The molecule has 0 radical (unpaired) electrons. The number of alkyl halides is 3. The van der Waals surface area contributed by atoms with E-state index in [-0.39, 0.29) is 31.8 Å². The van der Waals surface area contributed by atoms with Crippen LogP contribution in [0.25, 0.3) is 0 Å². The Morgan fingerprint density at radius 2 is 1.76 bits per heavy atom. The molecule has 0 spiro atoms. The van der Waals surface area contributed by atoms with Gasteiger partial charge < -0.3 is 10.1 Å². The van der Waals surface area contributed by atoms with Gasteiger partial charge in [-0.1, -0.05) is 30.3 Å². The summed E-state index contributed by atoms with van der Waals surface area (Å²) in [5, 5.41) is 2.39. The fraction of sp³-hybridized carbons (Fsp3) is 0.429. The SMILES string of the molecule is O=C(CCC(=O)c1ccccc1)NCCOCC(F)(F)F. The molecule has 0 aliphatic carbocycles. The maximum Gasteiger partial charge on any atom is 0.411 e. The van der Waals surface area contributed by atoms with Gasteiger partial charge in [0.1, 0.15) is 6.61 Å². The van der Waals surface area contributed by atoms with Crippen molar-refractivity contribution in [2.24, 2.45) is 0 Å². The number of hydrogen-bond donors (Lipinski definition) is 1. The first-order chi connectivity index (χ1) is 9.88. The van der Waals surface area contributed by atoms with Gasteiger partial charge in [-0.2, -0.15) is 13.2 Å². The lowest BCUT2D eigenvalue weighted by molar-refractivity contribution is -0.173. The Labute approximate surface area is 120 Å². The molecule has 1 rings (SSSR count). The van der Waals surface area contributed by atoms with Crippen molar-refractivity contribution in [2.45, 2.75) is 19.0 Å². The predicted octanol–water partition coefficient (Wildman–Crippen LogP) is 2.34. The first-order valence-electron chi connectivity index (χ1n) is 6.38. The summed E-state index contributed by atoms with van der Waals surface area (Å²) in [5.41, 5.74) is 0.527. The van der Waals surface area contributed by atoms with E-state index in [1.807, 2.05) is 0 Å². The van der Waals surface area contributed by atoms with Gasteiger partial charge >= 0.3 is 6.18 Å². The van der Waals surface area contributed by atoms with Crippen molar-refractivity contribution in [1.29, 1.82) is 0 Å². The average molecular weight is 303 g/mol. The van der Waals surface area contributed by atoms with Crippen molar-refractivity contribution in [3.63, 3.8) is 0 Å². The second-order valence-corrected chi connectivity index (χ2v) is 4.31. The molecule has 0 atom stereocenters. The number of nitrogens with one attached hydrogen (secondary N) is 1. The normalized spacial score (nSPS) is 11.2. The van der Waals surface area contributed by atoms with E-state index in [2.05, 4.69) is 10.1 Å². The van der Waals surface area contributed by atoms with Crippen LogP contribution in [0.3, 0.4) is 0 Å². The van der Waals surface area contributed by atoms with Gasteiger partial charge in [0, 0.05) is 24.9 Å². The Hall–Kier alpha value is -1.89. The fourth-order valence-corrected chi connectivity index (χ4v) is 1.53. The van der Waals surface area contributed by atoms with Crippen LogP contribution in [0.2, 0.25) is 0 Å². The molecule has 0 unspecified atom stereocenters. The molecule has 1 N–H and O–H groups in total. The summed E-state index contributed by atoms with van der Waals surface area (Å²) < 4.78 is 39.6. The van der Waals surface area contributed by atoms with Crippen LogP contribution in [0, 0.1) is 0 Å². The zero-order valence-electron chi connectivity index (χ0n) is 11.3. The number of ether oxygens (including phenoxy) is 1. The summed E-state index contributed by atoms with van der Waals surface area (Å²) in [4.78, 5) is 23.1. The van der Waals surface area contributed by atoms with Gasteiger partial charge in [-0.3, -0.25) is 9.59 Å². The van der Waals surface area contributed by atoms with Crippen LogP contribution < -0.4 is 5.32 Å². The van der Waals surface area contributed by atoms with Gasteiger partial charge in [-0.15, -0.1) is 0 Å². The molecular weight excluding hydrogens is 287 g/mol. The van der Waals surface area contributed by atoms with Crippen LogP contribution in [-0.4, -0.2) is 37.6 Å². The number of rotatable bonds is 8. The van der Waals surface area contributed by atoms with E-state index in [0.29, 0.717) is 5.56 Å². The van der Waals surface area contributed by atoms with Crippen LogP contribution >= 0.6 is 0 Å². The zero-order valence-corrected chi connectivity index (χ0v) is 11.3. The summed E-state index contributed by atoms with van der Waals surface area (Å²) >= 11 is 0. The lowest BCUT2D eigenvalue weighted by atomic mass is 10.1. The quantitative estimate of drug-likeness (QED) is 0.592. The molecule has 0 aliphatic heterocycles. The molecule has 21 heavy (non-hydrogen) atoms. The Bertz CT molecular complexity index is 460. The average Bonchev–Trinajstić information content (AvgIpc) is 2.44. The highest BCUT2D eigenvalue weighted by molar-refractivity contribution is 5.97. The van der Waals surface area contributed by atoms with E-state index in [9.17, 15) is 22.8 Å². The molecule has 1 amide bonds. The van der Waals surface area contributed by atoms with Gasteiger partial charge in [0.25, 0.3) is 0 Å². The van der Waals surface area contributed by atoms with E-state index < -0.39 is 18.7 Å². The third-order valence-corrected chi connectivity index (χ3v) is 2.51. The standard InChI is InChI=1S/C14H16F3NO3/c15-14(16,17)10-21-9-8-18-13(20)7-6-12(19)11-4-2-1-3-5-11/h1-5H,6-10H2,(H,18,20). The minimum absolute atomic E-state index is 0.00695. The van der Waals surface area contributed by atoms with E-state index >= 15 is 0 Å². The third kappa shape index (κ3) is 8.09. The lowest BCUT2D eigenvalue weighted by Gasteiger charge is -2.08. The minimum atomic E-state index is -4.37. The first-order valence-corrected chi connectivity index (χ1v) is 6.38. The van der Waals surface area contributed by atoms with Crippen LogP contribution in [-0.2, 0) is 9.53 Å². The number of halogens is 3. The van der Waals surface area contributed by atoms with Gasteiger partial charge in [0.15, 0.2) is 5.78 Å². The summed E-state index contributed by atoms with van der Waals surface area (Å²) in [6.45, 7) is -1.58. The smallest absolute Gasteiger partial charge is 0.370 e. The van der Waals surface area contributed by atoms with Crippen molar-refractivity contribution in [1.82, 2.24) is 5.32 Å². The molecule has 0 bridgehead atoms. The Morgan fingerprint density at radius 3 is 2.38 bits per heavy atom. The molecule has 0 fully saturated rings. The topological polar surface area (TPSA) is 55.4 Å². The highest BCUT2D eigenvalue weighted by atomic mass is 19.4. The third-order valence-electron chi connectivity index (χ3n) is 2.51. The maximum atomic E-state index is 11.8. The van der Waals surface area contributed by atoms with E-state index in [4.69, 9.17) is 0 Å². The molecule has 0 aromatic heterocycles. The van der Waals surface area contributed by atoms with E-state index in [1.165, 1.54) is 0 Å². The molecule has 0 heterocycles. The summed E-state index contributed by atoms with van der Waals surface area (Å²) in [6, 6.07) is 8.55. The van der Waals surface area contributed by atoms with Crippen molar-refractivity contribution in [3.8, 4) is 0 Å². The molecule has 4 nitrogen and oxygen atoms in total. The van der Waals surface area contributed by atoms with Crippen LogP contribution in [0.1, 0.15) is 23.2 Å². The number of amides is 1. The Kier molecular flexibility index (Phi) is 6.87. The highest BCUT2D eigenvalue weighted by Gasteiger charge is 2.27. The van der Waals surface area contributed by atoms with Crippen molar-refractivity contribution in [2.75, 3.05) is 19.8 Å². The molecular formula is C14H16F3NO3. The Morgan fingerprint density at radius 1 is 1.10 bits per heavy atom. The number of benzene rings is 1. The van der Waals surface area contributed by atoms with Crippen molar-refractivity contribution in [3.05, 3.63) is 35.9 Å². The molecule has 116 valence electrons. The van der Waals surface area contributed by atoms with Crippen molar-refractivity contribution >= 4 is 11.7 Å². The number of hydrogen-bond acceptors (Lipinski definition) is 3. The predicted molar refractivity (Wildman–Crippen MR) is 69.9 cm³/mol. The van der Waals surface area contributed by atoms with Gasteiger partial charge in [0.05, 0.1) is 6.61 Å². The van der Waals surface area contributed by atoms with Gasteiger partial charge in [-0.25, -0.2) is 0 Å². The lowest BCUT2D eigenvalue weighted by Crippen LogP contribution is -2.29. The van der Waals surface area contributed by atoms with Gasteiger partial charge in [-0.05, 0) is 0 Å². The molecule has 7 heteroatoms. The number of carbonyl (C=O) groups is 2. The number of Topliss-reactive ketones (excluding diaryl/α,β-unsaturated/α-hetero) is 1. The van der Waals surface area contributed by atoms with Crippen molar-refractivity contribution < 1.29 is 27.5 Å². The molecule has 0 saturated carbocycles. The molecule has 0 saturated heterocycles. The Balaban J connectivity index is 2.13. The highest BCUT2D eigenvalue weighted by Crippen LogP contribution is 2.13. The van der Waals surface area contributed by atoms with Gasteiger partial charge in [0.2, 0.25) is 5.91 Å². The monoisotopic (exact) mass is 303 g/mol. The fourth-order valence-electron chi connectivity index (χ4n) is 1.53. The summed E-state index contributed by atoms with van der Waals surface area (Å²) in [5.74, 6) is -0.547. The molecule has 1 aromatic rings. The van der Waals surface area contributed by atoms with E-state index in [1.54, 1.807) is 30.3 Å². The minimum Gasteiger partial charge on any atom is -0.370 e. The van der Waals surface area contributed by atoms with E-state index in [0.717, 1.165) is 0 Å². The maximum absolute atomic E-state index is 11.8. The largest absolute Gasteiger partial charge is 0.411 e. The zero-order chi connectivity index (χ0) is 15.7. The number of ketones is 1. The molecule has 0 aliphatic rings. The van der Waals surface area contributed by atoms with Crippen LogP contribution in [0.4, 0.5) is 13.2 Å². The summed E-state index contributed by atoms with van der Waals surface area (Å²) in [6.07, 6.45) is -4.32.